The van der Waals surface area contributed by atoms with Crippen molar-refractivity contribution >= 4 is 27.5 Å². The molecule has 3 aromatic carbocycles. The van der Waals surface area contributed by atoms with Crippen molar-refractivity contribution in [1.29, 1.82) is 0 Å². The van der Waals surface area contributed by atoms with Gasteiger partial charge in [0.2, 0.25) is 21.8 Å². The zero-order valence-corrected chi connectivity index (χ0v) is 23.6. The molecule has 0 spiro atoms. The molecule has 0 aliphatic carbocycles. The van der Waals surface area contributed by atoms with E-state index in [1.807, 2.05) is 57.2 Å². The first kappa shape index (κ1) is 29.8. The molecule has 0 radical (unpaired) electrons. The number of halogens is 1. The number of nitrogens with one attached hydrogen (secondary N) is 1. The second-order valence-electron chi connectivity index (χ2n) is 9.75. The van der Waals surface area contributed by atoms with Gasteiger partial charge in [-0.15, -0.1) is 0 Å². The Labute approximate surface area is 230 Å². The molecule has 0 fully saturated rings. The van der Waals surface area contributed by atoms with Crippen LogP contribution in [0.2, 0.25) is 0 Å². The molecule has 3 rings (SSSR count). The molecule has 208 valence electrons. The number of carbonyl (C=O) groups is 2. The number of anilines is 1. The van der Waals surface area contributed by atoms with Gasteiger partial charge in [0, 0.05) is 24.6 Å². The largest absolute Gasteiger partial charge is 0.352 e. The Morgan fingerprint density at radius 2 is 1.64 bits per heavy atom. The number of hydrogen-bond acceptors (Lipinski definition) is 4. The van der Waals surface area contributed by atoms with E-state index in [0.717, 1.165) is 21.7 Å². The number of rotatable bonds is 12. The third kappa shape index (κ3) is 8.38. The average Bonchev–Trinajstić information content (AvgIpc) is 2.89. The second kappa shape index (κ2) is 13.4. The van der Waals surface area contributed by atoms with Crippen LogP contribution in [0.15, 0.2) is 78.9 Å². The van der Waals surface area contributed by atoms with Crippen LogP contribution in [0.25, 0.3) is 0 Å². The quantitative estimate of drug-likeness (QED) is 0.359. The highest BCUT2D eigenvalue weighted by Crippen LogP contribution is 2.22. The molecule has 39 heavy (non-hydrogen) atoms. The van der Waals surface area contributed by atoms with Gasteiger partial charge in [-0.1, -0.05) is 67.6 Å². The molecule has 1 N–H and O–H groups in total. The molecule has 0 unspecified atom stereocenters. The normalized spacial score (nSPS) is 12.8. The zero-order valence-electron chi connectivity index (χ0n) is 22.8. The van der Waals surface area contributed by atoms with Crippen molar-refractivity contribution in [1.82, 2.24) is 10.2 Å². The van der Waals surface area contributed by atoms with Crippen molar-refractivity contribution in [3.8, 4) is 0 Å². The van der Waals surface area contributed by atoms with Gasteiger partial charge in [-0.25, -0.2) is 12.8 Å². The Bertz CT molecular complexity index is 1380. The van der Waals surface area contributed by atoms with Gasteiger partial charge in [-0.3, -0.25) is 13.9 Å². The Hall–Kier alpha value is -3.72. The van der Waals surface area contributed by atoms with Crippen LogP contribution in [0, 0.1) is 12.7 Å². The van der Waals surface area contributed by atoms with Crippen LogP contribution in [0.5, 0.6) is 0 Å². The van der Waals surface area contributed by atoms with Gasteiger partial charge in [0.05, 0.1) is 11.9 Å². The van der Waals surface area contributed by atoms with E-state index >= 15 is 0 Å². The Balaban J connectivity index is 2.07. The van der Waals surface area contributed by atoms with E-state index in [2.05, 4.69) is 5.32 Å². The topological polar surface area (TPSA) is 86.8 Å². The zero-order chi connectivity index (χ0) is 28.6. The molecule has 0 saturated heterocycles. The number of sulfonamides is 1. The van der Waals surface area contributed by atoms with E-state index < -0.39 is 34.3 Å². The minimum absolute atomic E-state index is 0.152. The number of amides is 2. The SMILES string of the molecule is CC[C@H](C)NC(=O)[C@@H](Cc1ccccc1)N(Cc1ccccc1F)C(=O)CN(c1cccc(C)c1)S(C)(=O)=O. The van der Waals surface area contributed by atoms with Crippen LogP contribution in [0.4, 0.5) is 10.1 Å². The molecular weight excluding hydrogens is 517 g/mol. The lowest BCUT2D eigenvalue weighted by Gasteiger charge is -2.34. The van der Waals surface area contributed by atoms with Crippen LogP contribution >= 0.6 is 0 Å². The van der Waals surface area contributed by atoms with Crippen molar-refractivity contribution in [2.45, 2.75) is 52.2 Å². The minimum Gasteiger partial charge on any atom is -0.352 e. The number of aryl methyl sites for hydroxylation is 1. The molecule has 0 saturated carbocycles. The van der Waals surface area contributed by atoms with Gasteiger partial charge in [-0.05, 0) is 49.6 Å². The molecule has 2 atom stereocenters. The average molecular weight is 554 g/mol. The van der Waals surface area contributed by atoms with Gasteiger partial charge in [0.25, 0.3) is 0 Å². The van der Waals surface area contributed by atoms with Crippen molar-refractivity contribution < 1.29 is 22.4 Å². The summed E-state index contributed by atoms with van der Waals surface area (Å²) in [6.07, 6.45) is 1.88. The highest BCUT2D eigenvalue weighted by atomic mass is 32.2. The lowest BCUT2D eigenvalue weighted by Crippen LogP contribution is -2.54. The van der Waals surface area contributed by atoms with E-state index in [1.165, 1.54) is 11.0 Å². The molecule has 0 bridgehead atoms. The lowest BCUT2D eigenvalue weighted by atomic mass is 10.0. The standard InChI is InChI=1S/C30H36FN3O4S/c1-5-23(3)32-30(36)28(19-24-13-7-6-8-14-24)33(20-25-15-9-10-17-27(25)31)29(35)21-34(39(4,37)38)26-16-11-12-22(2)18-26/h6-18,23,28H,5,19-21H2,1-4H3,(H,32,36)/t23-,28+/m0/s1. The maximum absolute atomic E-state index is 14.8. The number of nitrogens with zero attached hydrogens (tertiary/aromatic N) is 2. The molecule has 0 aliphatic rings. The van der Waals surface area contributed by atoms with Crippen molar-refractivity contribution in [2.75, 3.05) is 17.1 Å². The monoisotopic (exact) mass is 553 g/mol. The Morgan fingerprint density at radius 1 is 0.974 bits per heavy atom. The first-order valence-electron chi connectivity index (χ1n) is 12.9. The van der Waals surface area contributed by atoms with Gasteiger partial charge >= 0.3 is 0 Å². The van der Waals surface area contributed by atoms with Gasteiger partial charge in [0.1, 0.15) is 18.4 Å². The van der Waals surface area contributed by atoms with E-state index in [9.17, 15) is 22.4 Å². The van der Waals surface area contributed by atoms with E-state index in [1.54, 1.807) is 36.4 Å². The summed E-state index contributed by atoms with van der Waals surface area (Å²) < 4.78 is 41.4. The fourth-order valence-corrected chi connectivity index (χ4v) is 5.04. The Kier molecular flexibility index (Phi) is 10.2. The van der Waals surface area contributed by atoms with Crippen LogP contribution < -0.4 is 9.62 Å². The summed E-state index contributed by atoms with van der Waals surface area (Å²) >= 11 is 0. The van der Waals surface area contributed by atoms with E-state index in [-0.39, 0.29) is 30.5 Å². The summed E-state index contributed by atoms with van der Waals surface area (Å²) in [6.45, 7) is 4.88. The molecule has 0 heterocycles. The van der Waals surface area contributed by atoms with Gasteiger partial charge in [0.15, 0.2) is 0 Å². The number of hydrogen-bond donors (Lipinski definition) is 1. The maximum Gasteiger partial charge on any atom is 0.244 e. The third-order valence-corrected chi connectivity index (χ3v) is 7.68. The molecule has 0 aromatic heterocycles. The van der Waals surface area contributed by atoms with Gasteiger partial charge < -0.3 is 10.2 Å². The predicted octanol–water partition coefficient (Wildman–Crippen LogP) is 4.45. The first-order valence-corrected chi connectivity index (χ1v) is 14.8. The molecule has 2 amide bonds. The maximum atomic E-state index is 14.8. The van der Waals surface area contributed by atoms with Crippen LogP contribution in [-0.4, -0.2) is 50.0 Å². The fraction of sp³-hybridized carbons (Fsp3) is 0.333. The minimum atomic E-state index is -3.86. The summed E-state index contributed by atoms with van der Waals surface area (Å²) in [5.41, 5.74) is 2.19. The van der Waals surface area contributed by atoms with Crippen LogP contribution in [-0.2, 0) is 32.6 Å². The van der Waals surface area contributed by atoms with Crippen LogP contribution in [0.1, 0.15) is 37.0 Å². The fourth-order valence-electron chi connectivity index (χ4n) is 4.20. The van der Waals surface area contributed by atoms with Crippen LogP contribution in [0.3, 0.4) is 0 Å². The van der Waals surface area contributed by atoms with E-state index in [4.69, 9.17) is 0 Å². The second-order valence-corrected chi connectivity index (χ2v) is 11.7. The van der Waals surface area contributed by atoms with Gasteiger partial charge in [-0.2, -0.15) is 0 Å². The lowest BCUT2D eigenvalue weighted by molar-refractivity contribution is -0.140. The smallest absolute Gasteiger partial charge is 0.244 e. The van der Waals surface area contributed by atoms with Crippen molar-refractivity contribution in [2.24, 2.45) is 0 Å². The first-order chi connectivity index (χ1) is 18.5. The summed E-state index contributed by atoms with van der Waals surface area (Å²) in [5.74, 6) is -1.53. The number of carbonyl (C=O) groups excluding carboxylic acids is 2. The highest BCUT2D eigenvalue weighted by molar-refractivity contribution is 7.92. The molecule has 9 heteroatoms. The predicted molar refractivity (Wildman–Crippen MR) is 152 cm³/mol. The summed E-state index contributed by atoms with van der Waals surface area (Å²) in [6, 6.07) is 20.9. The molecule has 0 aliphatic heterocycles. The summed E-state index contributed by atoms with van der Waals surface area (Å²) in [4.78, 5) is 28.9. The molecule has 3 aromatic rings. The summed E-state index contributed by atoms with van der Waals surface area (Å²) in [5, 5.41) is 2.95. The molecule has 7 nitrogen and oxygen atoms in total. The Morgan fingerprint density at radius 3 is 2.26 bits per heavy atom. The highest BCUT2D eigenvalue weighted by Gasteiger charge is 2.33. The van der Waals surface area contributed by atoms with E-state index in [0.29, 0.717) is 12.1 Å². The number of benzene rings is 3. The summed E-state index contributed by atoms with van der Waals surface area (Å²) in [7, 11) is -3.86. The third-order valence-electron chi connectivity index (χ3n) is 6.54. The molecular formula is C30H36FN3O4S. The van der Waals surface area contributed by atoms with Crippen molar-refractivity contribution in [3.05, 3.63) is 101 Å². The van der Waals surface area contributed by atoms with Crippen molar-refractivity contribution in [3.63, 3.8) is 0 Å².